The second-order valence-corrected chi connectivity index (χ2v) is 6.93. The fourth-order valence-corrected chi connectivity index (χ4v) is 3.46. The molecule has 0 aliphatic heterocycles. The van der Waals surface area contributed by atoms with Gasteiger partial charge >= 0.3 is 0 Å². The number of rotatable bonds is 4. The quantitative estimate of drug-likeness (QED) is 0.443. The van der Waals surface area contributed by atoms with Gasteiger partial charge in [0, 0.05) is 33.7 Å². The van der Waals surface area contributed by atoms with Gasteiger partial charge in [0.05, 0.1) is 10.7 Å². The van der Waals surface area contributed by atoms with Crippen LogP contribution in [0.5, 0.6) is 5.75 Å². The fourth-order valence-electron chi connectivity index (χ4n) is 2.20. The Hall–Kier alpha value is -2.38. The lowest BCUT2D eigenvalue weighted by atomic mass is 10.2. The lowest BCUT2D eigenvalue weighted by Gasteiger charge is -2.05. The molecule has 25 heavy (non-hydrogen) atoms. The molecular weight excluding hydrogens is 450 g/mol. The van der Waals surface area contributed by atoms with Crippen LogP contribution in [0, 0.1) is 0 Å². The summed E-state index contributed by atoms with van der Waals surface area (Å²) in [6, 6.07) is 14.5. The third kappa shape index (κ3) is 4.18. The molecule has 5 nitrogen and oxygen atoms in total. The Morgan fingerprint density at radius 1 is 1.12 bits per heavy atom. The van der Waals surface area contributed by atoms with E-state index in [1.807, 2.05) is 41.2 Å². The van der Waals surface area contributed by atoms with Gasteiger partial charge in [0.25, 0.3) is 5.91 Å². The van der Waals surface area contributed by atoms with E-state index in [-0.39, 0.29) is 11.7 Å². The summed E-state index contributed by atoms with van der Waals surface area (Å²) in [5, 5.41) is 13.9. The van der Waals surface area contributed by atoms with Gasteiger partial charge in [-0.15, -0.1) is 0 Å². The summed E-state index contributed by atoms with van der Waals surface area (Å²) in [5.74, 6) is -0.277. The molecular formula is C18H13Br2N3O2. The van der Waals surface area contributed by atoms with Crippen molar-refractivity contribution < 1.29 is 9.90 Å². The van der Waals surface area contributed by atoms with Gasteiger partial charge in [-0.05, 0) is 64.5 Å². The highest BCUT2D eigenvalue weighted by atomic mass is 79.9. The van der Waals surface area contributed by atoms with E-state index >= 15 is 0 Å². The van der Waals surface area contributed by atoms with E-state index < -0.39 is 0 Å². The van der Waals surface area contributed by atoms with E-state index in [9.17, 15) is 9.90 Å². The molecule has 2 aromatic carbocycles. The van der Waals surface area contributed by atoms with Gasteiger partial charge < -0.3 is 9.67 Å². The van der Waals surface area contributed by atoms with Crippen LogP contribution in [0.1, 0.15) is 15.9 Å². The molecule has 0 atom stereocenters. The minimum absolute atomic E-state index is 0.0530. The molecule has 1 aromatic heterocycles. The minimum Gasteiger partial charge on any atom is -0.506 e. The second-order valence-electron chi connectivity index (χ2n) is 5.16. The molecule has 1 amide bonds. The number of carbonyl (C=O) groups is 1. The Kier molecular flexibility index (Phi) is 5.35. The summed E-state index contributed by atoms with van der Waals surface area (Å²) in [6.45, 7) is 0. The molecule has 2 N–H and O–H groups in total. The normalized spacial score (nSPS) is 11.0. The molecule has 0 saturated heterocycles. The zero-order valence-corrected chi connectivity index (χ0v) is 16.0. The Morgan fingerprint density at radius 2 is 1.80 bits per heavy atom. The second kappa shape index (κ2) is 7.67. The first-order chi connectivity index (χ1) is 12.0. The molecule has 1 heterocycles. The van der Waals surface area contributed by atoms with Crippen LogP contribution in [0.3, 0.4) is 0 Å². The summed E-state index contributed by atoms with van der Waals surface area (Å²) >= 11 is 6.58. The topological polar surface area (TPSA) is 66.6 Å². The van der Waals surface area contributed by atoms with E-state index in [0.717, 1.165) is 10.2 Å². The summed E-state index contributed by atoms with van der Waals surface area (Å²) in [4.78, 5) is 12.1. The van der Waals surface area contributed by atoms with Crippen molar-refractivity contribution >= 4 is 44.0 Å². The Morgan fingerprint density at radius 3 is 2.48 bits per heavy atom. The van der Waals surface area contributed by atoms with E-state index in [1.54, 1.807) is 24.3 Å². The molecule has 0 fully saturated rings. The van der Waals surface area contributed by atoms with E-state index in [1.165, 1.54) is 6.21 Å². The van der Waals surface area contributed by atoms with Crippen LogP contribution >= 0.6 is 31.9 Å². The van der Waals surface area contributed by atoms with Crippen molar-refractivity contribution in [1.82, 2.24) is 9.99 Å². The number of phenols is 1. The largest absolute Gasteiger partial charge is 0.506 e. The van der Waals surface area contributed by atoms with Gasteiger partial charge in [-0.2, -0.15) is 5.10 Å². The third-order valence-corrected chi connectivity index (χ3v) is 4.52. The number of hydrazone groups is 1. The van der Waals surface area contributed by atoms with Gasteiger partial charge in [-0.3, -0.25) is 4.79 Å². The molecule has 0 saturated carbocycles. The Labute approximate surface area is 161 Å². The van der Waals surface area contributed by atoms with Gasteiger partial charge in [-0.1, -0.05) is 15.9 Å². The highest BCUT2D eigenvalue weighted by Gasteiger charge is 2.07. The summed E-state index contributed by atoms with van der Waals surface area (Å²) in [7, 11) is 0. The molecule has 0 aliphatic carbocycles. The van der Waals surface area contributed by atoms with Crippen molar-refractivity contribution in [2.45, 2.75) is 0 Å². The molecule has 3 rings (SSSR count). The predicted molar refractivity (Wildman–Crippen MR) is 104 cm³/mol. The number of nitrogens with zero attached hydrogens (tertiary/aromatic N) is 2. The Balaban J connectivity index is 1.68. The number of nitrogens with one attached hydrogen (secondary N) is 1. The smallest absolute Gasteiger partial charge is 0.271 e. The van der Waals surface area contributed by atoms with Crippen molar-refractivity contribution in [2.75, 3.05) is 0 Å². The number of amides is 1. The molecule has 3 aromatic rings. The first-order valence-corrected chi connectivity index (χ1v) is 8.88. The lowest BCUT2D eigenvalue weighted by Crippen LogP contribution is -2.17. The van der Waals surface area contributed by atoms with Gasteiger partial charge in [0.1, 0.15) is 5.75 Å². The average Bonchev–Trinajstić information content (AvgIpc) is 3.13. The maximum absolute atomic E-state index is 12.1. The number of halogens is 2. The Bertz CT molecular complexity index is 920. The van der Waals surface area contributed by atoms with Crippen molar-refractivity contribution in [2.24, 2.45) is 5.10 Å². The standard InChI is InChI=1S/C18H13Br2N3O2/c19-14-9-13(17(24)16(20)10-14)11-21-22-18(25)12-3-5-15(6-4-12)23-7-1-2-8-23/h1-11,24H,(H,22,25). The van der Waals surface area contributed by atoms with E-state index in [2.05, 4.69) is 42.4 Å². The summed E-state index contributed by atoms with van der Waals surface area (Å²) in [5.41, 5.74) is 4.39. The highest BCUT2D eigenvalue weighted by Crippen LogP contribution is 2.30. The summed E-state index contributed by atoms with van der Waals surface area (Å²) in [6.07, 6.45) is 5.25. The molecule has 126 valence electrons. The van der Waals surface area contributed by atoms with Crippen LogP contribution in [-0.2, 0) is 0 Å². The molecule has 0 unspecified atom stereocenters. The molecule has 0 aliphatic rings. The number of hydrogen-bond acceptors (Lipinski definition) is 3. The molecule has 0 bridgehead atoms. The van der Waals surface area contributed by atoms with Gasteiger partial charge in [-0.25, -0.2) is 5.43 Å². The number of aromatic nitrogens is 1. The monoisotopic (exact) mass is 461 g/mol. The summed E-state index contributed by atoms with van der Waals surface area (Å²) < 4.78 is 3.27. The maximum atomic E-state index is 12.1. The van der Waals surface area contributed by atoms with Crippen LogP contribution < -0.4 is 5.43 Å². The minimum atomic E-state index is -0.330. The van der Waals surface area contributed by atoms with Gasteiger partial charge in [0.2, 0.25) is 0 Å². The molecule has 7 heteroatoms. The zero-order valence-electron chi connectivity index (χ0n) is 12.9. The van der Waals surface area contributed by atoms with Crippen LogP contribution in [0.25, 0.3) is 5.69 Å². The zero-order chi connectivity index (χ0) is 17.8. The number of hydrogen-bond donors (Lipinski definition) is 2. The molecule has 0 radical (unpaired) electrons. The van der Waals surface area contributed by atoms with Crippen molar-refractivity contribution in [1.29, 1.82) is 0 Å². The SMILES string of the molecule is O=C(NN=Cc1cc(Br)cc(Br)c1O)c1ccc(-n2cccc2)cc1. The van der Waals surface area contributed by atoms with E-state index in [4.69, 9.17) is 0 Å². The third-order valence-electron chi connectivity index (χ3n) is 3.46. The number of carbonyl (C=O) groups excluding carboxylic acids is 1. The average molecular weight is 463 g/mol. The van der Waals surface area contributed by atoms with Crippen LogP contribution in [0.2, 0.25) is 0 Å². The fraction of sp³-hybridized carbons (Fsp3) is 0. The van der Waals surface area contributed by atoms with Crippen molar-refractivity contribution in [3.63, 3.8) is 0 Å². The lowest BCUT2D eigenvalue weighted by molar-refractivity contribution is 0.0955. The predicted octanol–water partition coefficient (Wildman–Crippen LogP) is 4.47. The number of benzene rings is 2. The maximum Gasteiger partial charge on any atom is 0.271 e. The first-order valence-electron chi connectivity index (χ1n) is 7.29. The van der Waals surface area contributed by atoms with E-state index in [0.29, 0.717) is 15.6 Å². The number of phenolic OH excluding ortho intramolecular Hbond substituents is 1. The van der Waals surface area contributed by atoms with Crippen molar-refractivity contribution in [3.05, 3.63) is 81.0 Å². The molecule has 0 spiro atoms. The van der Waals surface area contributed by atoms with Crippen molar-refractivity contribution in [3.8, 4) is 11.4 Å². The van der Waals surface area contributed by atoms with Crippen LogP contribution in [0.4, 0.5) is 0 Å². The van der Waals surface area contributed by atoms with Crippen LogP contribution in [0.15, 0.2) is 75.0 Å². The van der Waals surface area contributed by atoms with Crippen LogP contribution in [-0.4, -0.2) is 21.8 Å². The number of aromatic hydroxyl groups is 1. The first kappa shape index (κ1) is 17.4. The highest BCUT2D eigenvalue weighted by molar-refractivity contribution is 9.11. The van der Waals surface area contributed by atoms with Gasteiger partial charge in [0.15, 0.2) is 0 Å².